The maximum Gasteiger partial charge on any atom is 0.362 e. The molecule has 6 nitrogen and oxygen atoms in total. The average molecular weight is 372 g/mol. The lowest BCUT2D eigenvalue weighted by Gasteiger charge is -2.14. The largest absolute Gasteiger partial charge is 0.421 e. The molecule has 26 heavy (non-hydrogen) atoms. The molecule has 0 aliphatic heterocycles. The first-order valence-corrected chi connectivity index (χ1v) is 8.51. The lowest BCUT2D eigenvalue weighted by atomic mass is 10.2. The smallest absolute Gasteiger partial charge is 0.362 e. The van der Waals surface area contributed by atoms with Gasteiger partial charge in [0.15, 0.2) is 5.69 Å². The molecule has 3 N–H and O–H groups in total. The SMILES string of the molecule is CCNc1c(NC(=O)Nc2ccc(C)c(Cl)c2)c(=O)oc2ccccc12. The fourth-order valence-corrected chi connectivity index (χ4v) is 2.75. The molecule has 0 spiro atoms. The Morgan fingerprint density at radius 1 is 1.12 bits per heavy atom. The highest BCUT2D eigenvalue weighted by Crippen LogP contribution is 2.28. The highest BCUT2D eigenvalue weighted by atomic mass is 35.5. The molecule has 0 unspecified atom stereocenters. The van der Waals surface area contributed by atoms with Gasteiger partial charge in [-0.25, -0.2) is 9.59 Å². The number of hydrogen-bond acceptors (Lipinski definition) is 4. The van der Waals surface area contributed by atoms with Gasteiger partial charge in [-0.15, -0.1) is 0 Å². The quantitative estimate of drug-likeness (QED) is 0.573. The molecule has 0 atom stereocenters. The molecule has 1 aromatic heterocycles. The number of carbonyl (C=O) groups excluding carboxylic acids is 1. The molecular formula is C19H18ClN3O3. The van der Waals surface area contributed by atoms with Crippen LogP contribution in [0, 0.1) is 6.92 Å². The molecule has 1 heterocycles. The maximum absolute atomic E-state index is 12.3. The van der Waals surface area contributed by atoms with E-state index in [1.54, 1.807) is 30.3 Å². The van der Waals surface area contributed by atoms with Crippen LogP contribution in [0.25, 0.3) is 11.0 Å². The van der Waals surface area contributed by atoms with Gasteiger partial charge in [0.25, 0.3) is 0 Å². The molecule has 7 heteroatoms. The molecule has 3 aromatic rings. The second kappa shape index (κ2) is 7.49. The van der Waals surface area contributed by atoms with Gasteiger partial charge in [0.2, 0.25) is 0 Å². The molecule has 0 aliphatic rings. The number of fused-ring (bicyclic) bond motifs is 1. The van der Waals surface area contributed by atoms with Crippen molar-refractivity contribution in [3.63, 3.8) is 0 Å². The van der Waals surface area contributed by atoms with Crippen LogP contribution in [-0.4, -0.2) is 12.6 Å². The molecule has 0 saturated carbocycles. The minimum Gasteiger partial charge on any atom is -0.421 e. The molecule has 3 rings (SSSR count). The van der Waals surface area contributed by atoms with Gasteiger partial charge in [0.05, 0.1) is 5.69 Å². The van der Waals surface area contributed by atoms with Crippen LogP contribution >= 0.6 is 11.6 Å². The van der Waals surface area contributed by atoms with Gasteiger partial charge in [0, 0.05) is 22.6 Å². The summed E-state index contributed by atoms with van der Waals surface area (Å²) in [5, 5.41) is 9.61. The topological polar surface area (TPSA) is 83.4 Å². The van der Waals surface area contributed by atoms with Crippen molar-refractivity contribution in [1.29, 1.82) is 0 Å². The van der Waals surface area contributed by atoms with E-state index in [1.807, 2.05) is 26.0 Å². The van der Waals surface area contributed by atoms with Crippen molar-refractivity contribution in [2.45, 2.75) is 13.8 Å². The van der Waals surface area contributed by atoms with Gasteiger partial charge < -0.3 is 15.1 Å². The van der Waals surface area contributed by atoms with Crippen LogP contribution < -0.4 is 21.6 Å². The van der Waals surface area contributed by atoms with Crippen LogP contribution in [0.2, 0.25) is 5.02 Å². The lowest BCUT2D eigenvalue weighted by Crippen LogP contribution is -2.24. The van der Waals surface area contributed by atoms with Crippen LogP contribution in [0.4, 0.5) is 21.9 Å². The number of aryl methyl sites for hydroxylation is 1. The van der Waals surface area contributed by atoms with E-state index in [1.165, 1.54) is 0 Å². The highest BCUT2D eigenvalue weighted by molar-refractivity contribution is 6.31. The Labute approximate surface area is 155 Å². The maximum atomic E-state index is 12.3. The predicted octanol–water partition coefficient (Wildman–Crippen LogP) is 4.83. The minimum absolute atomic E-state index is 0.0567. The first kappa shape index (κ1) is 17.8. The summed E-state index contributed by atoms with van der Waals surface area (Å²) in [6.45, 7) is 4.36. The van der Waals surface area contributed by atoms with Gasteiger partial charge in [-0.1, -0.05) is 29.8 Å². The van der Waals surface area contributed by atoms with Gasteiger partial charge in [-0.2, -0.15) is 0 Å². The van der Waals surface area contributed by atoms with E-state index < -0.39 is 11.7 Å². The van der Waals surface area contributed by atoms with E-state index in [0.29, 0.717) is 33.9 Å². The first-order valence-electron chi connectivity index (χ1n) is 8.13. The number of amides is 2. The van der Waals surface area contributed by atoms with Crippen molar-refractivity contribution in [2.75, 3.05) is 22.5 Å². The molecule has 2 amide bonds. The van der Waals surface area contributed by atoms with E-state index in [0.717, 1.165) is 5.56 Å². The van der Waals surface area contributed by atoms with Crippen LogP contribution in [0.3, 0.4) is 0 Å². The monoisotopic (exact) mass is 371 g/mol. The van der Waals surface area contributed by atoms with Crippen molar-refractivity contribution in [3.8, 4) is 0 Å². The van der Waals surface area contributed by atoms with E-state index in [2.05, 4.69) is 16.0 Å². The third-order valence-electron chi connectivity index (χ3n) is 3.83. The van der Waals surface area contributed by atoms with Gasteiger partial charge in [0.1, 0.15) is 5.58 Å². The fourth-order valence-electron chi connectivity index (χ4n) is 2.57. The summed E-state index contributed by atoms with van der Waals surface area (Å²) >= 11 is 6.07. The van der Waals surface area contributed by atoms with E-state index in [4.69, 9.17) is 16.0 Å². The molecule has 0 fully saturated rings. The molecular weight excluding hydrogens is 354 g/mol. The lowest BCUT2D eigenvalue weighted by molar-refractivity contribution is 0.262. The number of anilines is 3. The molecule has 2 aromatic carbocycles. The number of rotatable bonds is 4. The third-order valence-corrected chi connectivity index (χ3v) is 4.24. The van der Waals surface area contributed by atoms with Crippen molar-refractivity contribution < 1.29 is 9.21 Å². The van der Waals surface area contributed by atoms with E-state index in [-0.39, 0.29) is 5.69 Å². The number of para-hydroxylation sites is 1. The minimum atomic E-state index is -0.628. The normalized spacial score (nSPS) is 10.6. The van der Waals surface area contributed by atoms with Gasteiger partial charge in [-0.3, -0.25) is 5.32 Å². The predicted molar refractivity (Wildman–Crippen MR) is 105 cm³/mol. The molecule has 0 aliphatic carbocycles. The molecule has 0 bridgehead atoms. The highest BCUT2D eigenvalue weighted by Gasteiger charge is 2.16. The summed E-state index contributed by atoms with van der Waals surface area (Å²) in [5.41, 5.74) is 1.83. The zero-order valence-corrected chi connectivity index (χ0v) is 15.1. The number of hydrogen-bond donors (Lipinski definition) is 3. The standard InChI is InChI=1S/C19H18ClN3O3/c1-3-21-16-13-6-4-5-7-15(13)26-18(24)17(16)23-19(25)22-12-9-8-11(2)14(20)10-12/h4-10,21H,3H2,1-2H3,(H2,22,23,25). The summed E-state index contributed by atoms with van der Waals surface area (Å²) in [4.78, 5) is 24.7. The van der Waals surface area contributed by atoms with Crippen LogP contribution in [-0.2, 0) is 0 Å². The van der Waals surface area contributed by atoms with Gasteiger partial charge in [-0.05, 0) is 43.7 Å². The van der Waals surface area contributed by atoms with Crippen molar-refractivity contribution in [3.05, 3.63) is 63.5 Å². The van der Waals surface area contributed by atoms with Crippen molar-refractivity contribution >= 4 is 45.7 Å². The summed E-state index contributed by atoms with van der Waals surface area (Å²) in [6.07, 6.45) is 0. The Kier molecular flexibility index (Phi) is 5.14. The number of halogens is 1. The Morgan fingerprint density at radius 2 is 1.88 bits per heavy atom. The molecule has 0 saturated heterocycles. The Balaban J connectivity index is 1.93. The Morgan fingerprint density at radius 3 is 2.62 bits per heavy atom. The summed E-state index contributed by atoms with van der Waals surface area (Å²) < 4.78 is 5.31. The van der Waals surface area contributed by atoms with Crippen LogP contribution in [0.15, 0.2) is 51.7 Å². The zero-order chi connectivity index (χ0) is 18.7. The van der Waals surface area contributed by atoms with Gasteiger partial charge >= 0.3 is 11.7 Å². The first-order chi connectivity index (χ1) is 12.5. The molecule has 0 radical (unpaired) electrons. The van der Waals surface area contributed by atoms with Crippen molar-refractivity contribution in [1.82, 2.24) is 0 Å². The number of nitrogens with one attached hydrogen (secondary N) is 3. The van der Waals surface area contributed by atoms with E-state index in [9.17, 15) is 9.59 Å². The second-order valence-electron chi connectivity index (χ2n) is 5.71. The number of urea groups is 1. The number of carbonyl (C=O) groups is 1. The van der Waals surface area contributed by atoms with Crippen LogP contribution in [0.5, 0.6) is 0 Å². The number of benzene rings is 2. The third kappa shape index (κ3) is 3.65. The Hall–Kier alpha value is -2.99. The Bertz CT molecular complexity index is 1030. The van der Waals surface area contributed by atoms with E-state index >= 15 is 0 Å². The fraction of sp³-hybridized carbons (Fsp3) is 0.158. The summed E-state index contributed by atoms with van der Waals surface area (Å²) in [7, 11) is 0. The summed E-state index contributed by atoms with van der Waals surface area (Å²) in [5.74, 6) is 0. The summed E-state index contributed by atoms with van der Waals surface area (Å²) in [6, 6.07) is 11.7. The van der Waals surface area contributed by atoms with Crippen LogP contribution in [0.1, 0.15) is 12.5 Å². The van der Waals surface area contributed by atoms with Crippen molar-refractivity contribution in [2.24, 2.45) is 0 Å². The molecule has 134 valence electrons. The average Bonchev–Trinajstić information content (AvgIpc) is 2.61. The second-order valence-corrected chi connectivity index (χ2v) is 6.12. The zero-order valence-electron chi connectivity index (χ0n) is 14.4.